The summed E-state index contributed by atoms with van der Waals surface area (Å²) in [5, 5.41) is 11.6. The van der Waals surface area contributed by atoms with Gasteiger partial charge in [-0.3, -0.25) is 9.59 Å². The fourth-order valence-electron chi connectivity index (χ4n) is 5.40. The zero-order chi connectivity index (χ0) is 28.2. The molecule has 1 N–H and O–H groups in total. The Morgan fingerprint density at radius 3 is 2.22 bits per heavy atom. The molecular weight excluding hydrogens is 538 g/mol. The summed E-state index contributed by atoms with van der Waals surface area (Å²) in [5.41, 5.74) is 1.16. The number of hydrogen-bond donors (Lipinski definition) is 1. The molecule has 4 heterocycles. The van der Waals surface area contributed by atoms with Crippen LogP contribution in [0.3, 0.4) is 0 Å². The first kappa shape index (κ1) is 24.8. The molecule has 4 aliphatic rings. The molecule has 41 heavy (non-hydrogen) atoms. The summed E-state index contributed by atoms with van der Waals surface area (Å²) in [6.45, 7) is 0.0600. The van der Waals surface area contributed by atoms with Crippen LogP contribution in [-0.2, 0) is 16.1 Å². The van der Waals surface area contributed by atoms with Crippen molar-refractivity contribution in [3.8, 4) is 46.0 Å². The van der Waals surface area contributed by atoms with Crippen LogP contribution in [0.2, 0.25) is 0 Å². The van der Waals surface area contributed by atoms with Gasteiger partial charge in [0.1, 0.15) is 5.76 Å². The minimum atomic E-state index is -1.09. The Balaban J connectivity index is 1.41. The third-order valence-corrected chi connectivity index (χ3v) is 7.29. The number of aliphatic hydroxyl groups excluding tert-OH is 1. The van der Waals surface area contributed by atoms with Gasteiger partial charge in [0.05, 0.1) is 25.8 Å². The number of nitrogens with zero attached hydrogens (tertiary/aromatic N) is 1. The maximum atomic E-state index is 13.7. The van der Waals surface area contributed by atoms with Crippen LogP contribution in [0.1, 0.15) is 22.7 Å². The monoisotopic (exact) mass is 561 g/mol. The van der Waals surface area contributed by atoms with Gasteiger partial charge in [0.2, 0.25) is 31.9 Å². The zero-order valence-electron chi connectivity index (χ0n) is 21.9. The Morgan fingerprint density at radius 2 is 1.49 bits per heavy atom. The number of hydrogen-bond acceptors (Lipinski definition) is 11. The number of benzene rings is 3. The van der Waals surface area contributed by atoms with Gasteiger partial charge in [0.15, 0.2) is 34.5 Å². The number of rotatable bonds is 6. The van der Waals surface area contributed by atoms with Crippen molar-refractivity contribution in [2.24, 2.45) is 0 Å². The summed E-state index contributed by atoms with van der Waals surface area (Å²) in [5.74, 6) is 1.08. The summed E-state index contributed by atoms with van der Waals surface area (Å²) >= 11 is 0. The third kappa shape index (κ3) is 3.82. The first-order chi connectivity index (χ1) is 20.0. The largest absolute Gasteiger partial charge is 0.507 e. The van der Waals surface area contributed by atoms with Gasteiger partial charge in [-0.05, 0) is 42.0 Å². The number of ketones is 1. The van der Waals surface area contributed by atoms with Crippen LogP contribution in [0.25, 0.3) is 5.76 Å². The van der Waals surface area contributed by atoms with Crippen LogP contribution >= 0.6 is 0 Å². The number of methoxy groups -OCH3 is 2. The van der Waals surface area contributed by atoms with Crippen molar-refractivity contribution in [3.63, 3.8) is 0 Å². The number of ether oxygens (including phenoxy) is 8. The van der Waals surface area contributed by atoms with E-state index in [0.29, 0.717) is 45.6 Å². The van der Waals surface area contributed by atoms with Crippen molar-refractivity contribution in [3.05, 3.63) is 64.7 Å². The number of carbonyl (C=O) groups excluding carboxylic acids is 2. The van der Waals surface area contributed by atoms with E-state index in [1.165, 1.54) is 19.1 Å². The number of amides is 1. The standard InChI is InChI=1S/C29H23NO11/c1-34-21-9-16(26(35-2)28-27(21)40-13-41-28)23-22(24(31)15-4-6-18-20(8-15)39-12-37-18)25(32)29(33)30(23)10-14-3-5-17-19(7-14)38-11-36-17/h3-9,23,31H,10-13H2,1-2H3/b24-22+. The van der Waals surface area contributed by atoms with E-state index in [1.807, 2.05) is 0 Å². The quantitative estimate of drug-likeness (QED) is 0.269. The molecule has 7 rings (SSSR count). The Kier molecular flexibility index (Phi) is 5.70. The van der Waals surface area contributed by atoms with E-state index in [9.17, 15) is 14.7 Å². The predicted octanol–water partition coefficient (Wildman–Crippen LogP) is 3.51. The average molecular weight is 561 g/mol. The fraction of sp³-hybridized carbons (Fsp3) is 0.241. The molecule has 0 radical (unpaired) electrons. The van der Waals surface area contributed by atoms with Gasteiger partial charge in [-0.1, -0.05) is 6.07 Å². The second kappa shape index (κ2) is 9.44. The molecule has 1 atom stereocenters. The van der Waals surface area contributed by atoms with Crippen molar-refractivity contribution >= 4 is 17.4 Å². The van der Waals surface area contributed by atoms with Crippen LogP contribution in [0, 0.1) is 0 Å². The number of aliphatic hydroxyl groups is 1. The molecule has 12 nitrogen and oxygen atoms in total. The highest BCUT2D eigenvalue weighted by Crippen LogP contribution is 2.54. The van der Waals surface area contributed by atoms with Crippen molar-refractivity contribution in [2.45, 2.75) is 12.6 Å². The van der Waals surface area contributed by atoms with E-state index in [1.54, 1.807) is 42.5 Å². The molecule has 1 amide bonds. The zero-order valence-corrected chi connectivity index (χ0v) is 21.9. The van der Waals surface area contributed by atoms with Gasteiger partial charge in [-0.25, -0.2) is 0 Å². The third-order valence-electron chi connectivity index (χ3n) is 7.29. The Bertz CT molecular complexity index is 1650. The SMILES string of the molecule is COc1cc(C2/C(=C(\O)c3ccc4c(c3)OCO4)C(=O)C(=O)N2Cc2ccc3c(c2)OCO3)c(OC)c2c1OCO2. The topological polar surface area (TPSA) is 131 Å². The molecule has 0 aromatic heterocycles. The number of likely N-dealkylation sites (tertiary alicyclic amines) is 1. The van der Waals surface area contributed by atoms with Crippen molar-refractivity contribution < 1.29 is 52.6 Å². The highest BCUT2D eigenvalue weighted by Gasteiger charge is 2.48. The molecule has 4 aliphatic heterocycles. The number of carbonyl (C=O) groups is 2. The van der Waals surface area contributed by atoms with E-state index in [0.717, 1.165) is 0 Å². The van der Waals surface area contributed by atoms with Crippen LogP contribution in [-0.4, -0.2) is 56.3 Å². The maximum Gasteiger partial charge on any atom is 0.295 e. The minimum Gasteiger partial charge on any atom is -0.507 e. The molecule has 1 fully saturated rings. The van der Waals surface area contributed by atoms with E-state index >= 15 is 0 Å². The first-order valence-electron chi connectivity index (χ1n) is 12.6. The summed E-state index contributed by atoms with van der Waals surface area (Å²) in [7, 11) is 2.90. The number of Topliss-reactive ketones (excluding diaryl/α,β-unsaturated/α-hetero) is 1. The Labute approximate surface area is 233 Å². The molecule has 1 saturated heterocycles. The van der Waals surface area contributed by atoms with Crippen LogP contribution in [0.15, 0.2) is 48.0 Å². The lowest BCUT2D eigenvalue weighted by Gasteiger charge is -2.27. The first-order valence-corrected chi connectivity index (χ1v) is 12.6. The Hall–Kier alpha value is -5.26. The van der Waals surface area contributed by atoms with E-state index in [2.05, 4.69) is 0 Å². The molecule has 3 aromatic carbocycles. The molecule has 0 spiro atoms. The highest BCUT2D eigenvalue weighted by molar-refractivity contribution is 6.46. The molecule has 210 valence electrons. The van der Waals surface area contributed by atoms with Gasteiger partial charge in [-0.15, -0.1) is 0 Å². The summed E-state index contributed by atoms with van der Waals surface area (Å²) in [6, 6.07) is 10.5. The van der Waals surface area contributed by atoms with E-state index in [4.69, 9.17) is 37.9 Å². The van der Waals surface area contributed by atoms with E-state index in [-0.39, 0.29) is 49.6 Å². The van der Waals surface area contributed by atoms with Gasteiger partial charge >= 0.3 is 0 Å². The van der Waals surface area contributed by atoms with Crippen LogP contribution in [0.5, 0.6) is 46.0 Å². The highest BCUT2D eigenvalue weighted by atomic mass is 16.7. The normalized spacial score (nSPS) is 19.2. The molecule has 3 aromatic rings. The molecule has 1 unspecified atom stereocenters. The summed E-state index contributed by atoms with van der Waals surface area (Å²) in [4.78, 5) is 28.7. The second-order valence-electron chi connectivity index (χ2n) is 9.45. The molecule has 0 bridgehead atoms. The lowest BCUT2D eigenvalue weighted by molar-refractivity contribution is -0.140. The molecule has 12 heteroatoms. The maximum absolute atomic E-state index is 13.7. The summed E-state index contributed by atoms with van der Waals surface area (Å²) in [6.07, 6.45) is 0. The average Bonchev–Trinajstić information content (AvgIpc) is 3.79. The van der Waals surface area contributed by atoms with Crippen molar-refractivity contribution in [1.82, 2.24) is 4.90 Å². The molecular formula is C29H23NO11. The van der Waals surface area contributed by atoms with Gasteiger partial charge in [-0.2, -0.15) is 0 Å². The second-order valence-corrected chi connectivity index (χ2v) is 9.45. The fourth-order valence-corrected chi connectivity index (χ4v) is 5.40. The lowest BCUT2D eigenvalue weighted by Crippen LogP contribution is -2.29. The van der Waals surface area contributed by atoms with Crippen LogP contribution < -0.4 is 37.9 Å². The summed E-state index contributed by atoms with van der Waals surface area (Å²) < 4.78 is 44.3. The van der Waals surface area contributed by atoms with E-state index < -0.39 is 23.5 Å². The smallest absolute Gasteiger partial charge is 0.295 e. The Morgan fingerprint density at radius 1 is 0.829 bits per heavy atom. The van der Waals surface area contributed by atoms with Gasteiger partial charge in [0, 0.05) is 17.7 Å². The van der Waals surface area contributed by atoms with Crippen molar-refractivity contribution in [1.29, 1.82) is 0 Å². The number of fused-ring (bicyclic) bond motifs is 3. The van der Waals surface area contributed by atoms with Crippen molar-refractivity contribution in [2.75, 3.05) is 34.6 Å². The van der Waals surface area contributed by atoms with Gasteiger partial charge < -0.3 is 47.9 Å². The molecule has 0 saturated carbocycles. The predicted molar refractivity (Wildman–Crippen MR) is 139 cm³/mol. The molecule has 0 aliphatic carbocycles. The minimum absolute atomic E-state index is 0.00368. The van der Waals surface area contributed by atoms with Crippen LogP contribution in [0.4, 0.5) is 0 Å². The van der Waals surface area contributed by atoms with Gasteiger partial charge in [0.25, 0.3) is 11.7 Å². The lowest BCUT2D eigenvalue weighted by atomic mass is 9.93.